The van der Waals surface area contributed by atoms with Gasteiger partial charge >= 0.3 is 0 Å². The summed E-state index contributed by atoms with van der Waals surface area (Å²) in [5.74, 6) is 0.327. The molecule has 1 atom stereocenters. The molecule has 1 aromatic carbocycles. The highest BCUT2D eigenvalue weighted by atomic mass is 32.2. The van der Waals surface area contributed by atoms with Gasteiger partial charge in [-0.25, -0.2) is 27.9 Å². The number of anilines is 5. The van der Waals surface area contributed by atoms with Crippen molar-refractivity contribution in [2.24, 2.45) is 0 Å². The number of rotatable bonds is 7. The number of nitrogens with one attached hydrogen (secondary N) is 3. The maximum atomic E-state index is 13.4. The molecule has 0 fully saturated rings. The minimum atomic E-state index is -2.78. The molecule has 12 heteroatoms. The van der Waals surface area contributed by atoms with Crippen molar-refractivity contribution in [3.05, 3.63) is 53.2 Å². The normalized spacial score (nSPS) is 12.2. The number of H-pyrrole nitrogens is 1. The molecule has 0 spiro atoms. The van der Waals surface area contributed by atoms with Gasteiger partial charge in [-0.1, -0.05) is 6.07 Å². The van der Waals surface area contributed by atoms with E-state index < -0.39 is 23.2 Å². The van der Waals surface area contributed by atoms with Crippen LogP contribution in [0.4, 0.5) is 37.5 Å². The molecule has 0 aliphatic rings. The Morgan fingerprint density at radius 3 is 2.44 bits per heavy atom. The quantitative estimate of drug-likeness (QED) is 0.343. The fourth-order valence-electron chi connectivity index (χ4n) is 3.30. The van der Waals surface area contributed by atoms with Gasteiger partial charge in [0.05, 0.1) is 34.6 Å². The Labute approximate surface area is 197 Å². The summed E-state index contributed by atoms with van der Waals surface area (Å²) >= 11 is 0. The van der Waals surface area contributed by atoms with Crippen LogP contribution in [0.15, 0.2) is 30.5 Å². The van der Waals surface area contributed by atoms with Crippen molar-refractivity contribution in [2.45, 2.75) is 27.2 Å². The Morgan fingerprint density at radius 1 is 1.00 bits per heavy atom. The molecule has 3 heterocycles. The summed E-state index contributed by atoms with van der Waals surface area (Å²) in [7, 11) is 0.449. The van der Waals surface area contributed by atoms with Gasteiger partial charge in [0, 0.05) is 19.4 Å². The van der Waals surface area contributed by atoms with E-state index in [-0.39, 0.29) is 5.65 Å². The van der Waals surface area contributed by atoms with E-state index in [4.69, 9.17) is 0 Å². The molecular formula is C22H24F2N8OS. The van der Waals surface area contributed by atoms with Crippen LogP contribution >= 0.6 is 0 Å². The third-order valence-electron chi connectivity index (χ3n) is 5.28. The molecule has 0 aliphatic heterocycles. The Bertz CT molecular complexity index is 1390. The number of alkyl halides is 2. The second-order valence-electron chi connectivity index (χ2n) is 7.79. The van der Waals surface area contributed by atoms with Gasteiger partial charge in [-0.3, -0.25) is 9.29 Å². The first-order valence-electron chi connectivity index (χ1n) is 10.3. The molecule has 4 rings (SSSR count). The summed E-state index contributed by atoms with van der Waals surface area (Å²) in [5, 5.41) is 6.34. The van der Waals surface area contributed by atoms with Crippen molar-refractivity contribution in [3.8, 4) is 0 Å². The van der Waals surface area contributed by atoms with E-state index in [0.29, 0.717) is 34.2 Å². The number of aromatic nitrogens is 5. The van der Waals surface area contributed by atoms with Gasteiger partial charge in [-0.2, -0.15) is 0 Å². The van der Waals surface area contributed by atoms with Crippen LogP contribution in [-0.2, 0) is 11.0 Å². The van der Waals surface area contributed by atoms with E-state index in [1.807, 2.05) is 39.0 Å². The maximum absolute atomic E-state index is 13.4. The summed E-state index contributed by atoms with van der Waals surface area (Å²) in [5.41, 5.74) is 4.76. The molecule has 3 aromatic heterocycles. The number of fused-ring (bicyclic) bond motifs is 1. The molecular weight excluding hydrogens is 462 g/mol. The Hall–Kier alpha value is -3.67. The molecule has 0 saturated heterocycles. The van der Waals surface area contributed by atoms with Crippen molar-refractivity contribution >= 4 is 50.8 Å². The van der Waals surface area contributed by atoms with Crippen LogP contribution in [-0.4, -0.2) is 42.4 Å². The van der Waals surface area contributed by atoms with E-state index >= 15 is 0 Å². The summed E-state index contributed by atoms with van der Waals surface area (Å²) in [4.78, 5) is 19.7. The molecule has 3 N–H and O–H groups in total. The summed E-state index contributed by atoms with van der Waals surface area (Å²) in [6.07, 6.45) is 0.361. The number of aromatic amines is 1. The lowest BCUT2D eigenvalue weighted by Gasteiger charge is -2.21. The van der Waals surface area contributed by atoms with Crippen molar-refractivity contribution in [1.82, 2.24) is 24.9 Å². The number of hydrogen-bond donors (Lipinski definition) is 3. The van der Waals surface area contributed by atoms with E-state index in [9.17, 15) is 13.0 Å². The molecule has 0 amide bonds. The van der Waals surface area contributed by atoms with Gasteiger partial charge in [-0.05, 0) is 38.5 Å². The average molecular weight is 487 g/mol. The molecule has 34 heavy (non-hydrogen) atoms. The van der Waals surface area contributed by atoms with Gasteiger partial charge in [-0.15, -0.1) is 0 Å². The molecule has 0 aliphatic carbocycles. The number of imidazole rings is 1. The molecule has 178 valence electrons. The van der Waals surface area contributed by atoms with Crippen LogP contribution in [0, 0.1) is 20.8 Å². The maximum Gasteiger partial charge on any atom is 0.295 e. The minimum absolute atomic E-state index is 0.112. The fraction of sp³-hybridized carbons (Fsp3) is 0.273. The van der Waals surface area contributed by atoms with E-state index in [1.165, 1.54) is 0 Å². The van der Waals surface area contributed by atoms with Crippen molar-refractivity contribution < 1.29 is 13.0 Å². The number of nitrogens with zero attached hydrogens (tertiary/aromatic N) is 5. The molecule has 4 aromatic rings. The predicted molar refractivity (Wildman–Crippen MR) is 131 cm³/mol. The van der Waals surface area contributed by atoms with Crippen LogP contribution in [0.5, 0.6) is 0 Å². The third-order valence-corrected chi connectivity index (χ3v) is 6.25. The molecule has 0 bridgehead atoms. The van der Waals surface area contributed by atoms with Gasteiger partial charge < -0.3 is 15.6 Å². The Balaban J connectivity index is 1.81. The van der Waals surface area contributed by atoms with Gasteiger partial charge in [0.15, 0.2) is 11.5 Å². The average Bonchev–Trinajstić information content (AvgIpc) is 3.22. The lowest BCUT2D eigenvalue weighted by atomic mass is 10.2. The largest absolute Gasteiger partial charge is 0.352 e. The molecule has 9 nitrogen and oxygen atoms in total. The molecule has 1 unspecified atom stereocenters. The fourth-order valence-corrected chi connectivity index (χ4v) is 3.72. The SMILES string of the molecule is Cc1ccc(Nc2cc(Nc3cnc(C)c(C)n3)nc3nc(C(F)F)[nH]c23)c(N(C)S(C)=O)c1. The number of hydrogen-bond acceptors (Lipinski definition) is 7. The number of pyridine rings is 1. The standard InChI is InChI=1S/C22H24F2N8OS/c1-11-6-7-14(16(8-11)32(4)34(5)33)27-15-9-17(28-18-10-25-12(2)13(3)26-18)29-21-19(15)30-22(31-21)20(23)24/h6-10,20H,1-5H3,(H3,26,27,28,29,30,31). The highest BCUT2D eigenvalue weighted by Gasteiger charge is 2.19. The molecule has 0 saturated carbocycles. The zero-order valence-corrected chi connectivity index (χ0v) is 20.1. The number of halogens is 2. The first-order chi connectivity index (χ1) is 16.1. The number of aryl methyl sites for hydroxylation is 3. The highest BCUT2D eigenvalue weighted by Crippen LogP contribution is 2.34. The lowest BCUT2D eigenvalue weighted by Crippen LogP contribution is -2.20. The molecule has 0 radical (unpaired) electrons. The zero-order valence-electron chi connectivity index (χ0n) is 19.3. The van der Waals surface area contributed by atoms with E-state index in [2.05, 4.69) is 35.6 Å². The van der Waals surface area contributed by atoms with Gasteiger partial charge in [0.1, 0.15) is 28.1 Å². The van der Waals surface area contributed by atoms with Crippen LogP contribution in [0.1, 0.15) is 29.2 Å². The van der Waals surface area contributed by atoms with E-state index in [0.717, 1.165) is 17.0 Å². The Kier molecular flexibility index (Phi) is 6.42. The van der Waals surface area contributed by atoms with E-state index in [1.54, 1.807) is 29.9 Å². The van der Waals surface area contributed by atoms with Gasteiger partial charge in [0.2, 0.25) is 0 Å². The lowest BCUT2D eigenvalue weighted by molar-refractivity contribution is 0.142. The van der Waals surface area contributed by atoms with Crippen molar-refractivity contribution in [1.29, 1.82) is 0 Å². The first-order valence-corrected chi connectivity index (χ1v) is 11.8. The zero-order chi connectivity index (χ0) is 24.6. The predicted octanol–water partition coefficient (Wildman–Crippen LogP) is 4.83. The third kappa shape index (κ3) is 4.81. The van der Waals surface area contributed by atoms with Crippen molar-refractivity contribution in [3.63, 3.8) is 0 Å². The topological polar surface area (TPSA) is 112 Å². The van der Waals surface area contributed by atoms with Gasteiger partial charge in [0.25, 0.3) is 6.43 Å². The van der Waals surface area contributed by atoms with Crippen LogP contribution in [0.25, 0.3) is 11.2 Å². The minimum Gasteiger partial charge on any atom is -0.352 e. The summed E-state index contributed by atoms with van der Waals surface area (Å²) < 4.78 is 40.5. The van der Waals surface area contributed by atoms with Crippen LogP contribution in [0.2, 0.25) is 0 Å². The number of benzene rings is 1. The van der Waals surface area contributed by atoms with Crippen LogP contribution < -0.4 is 14.9 Å². The van der Waals surface area contributed by atoms with Crippen molar-refractivity contribution in [2.75, 3.05) is 28.2 Å². The van der Waals surface area contributed by atoms with Crippen LogP contribution in [0.3, 0.4) is 0 Å². The monoisotopic (exact) mass is 486 g/mol. The second-order valence-corrected chi connectivity index (χ2v) is 9.19. The summed E-state index contributed by atoms with van der Waals surface area (Å²) in [6, 6.07) is 7.30. The second kappa shape index (κ2) is 9.29. The Morgan fingerprint density at radius 2 is 1.76 bits per heavy atom. The highest BCUT2D eigenvalue weighted by molar-refractivity contribution is 7.85. The smallest absolute Gasteiger partial charge is 0.295 e. The summed E-state index contributed by atoms with van der Waals surface area (Å²) in [6.45, 7) is 5.63. The first kappa shape index (κ1) is 23.5.